The van der Waals surface area contributed by atoms with Gasteiger partial charge in [-0.1, -0.05) is 36.4 Å². The van der Waals surface area contributed by atoms with E-state index in [-0.39, 0.29) is 30.6 Å². The van der Waals surface area contributed by atoms with Crippen LogP contribution in [0.25, 0.3) is 0 Å². The number of anilines is 1. The molecule has 296 valence electrons. The van der Waals surface area contributed by atoms with Crippen molar-refractivity contribution in [3.63, 3.8) is 0 Å². The number of nitrogens with zero attached hydrogens (tertiary/aromatic N) is 1. The molecular weight excluding hydrogens is 708 g/mol. The van der Waals surface area contributed by atoms with Crippen molar-refractivity contribution in [1.82, 2.24) is 15.5 Å². The van der Waals surface area contributed by atoms with Crippen molar-refractivity contribution in [2.45, 2.75) is 25.5 Å². The molecule has 2 aliphatic rings. The van der Waals surface area contributed by atoms with Crippen LogP contribution >= 0.6 is 0 Å². The number of rotatable bonds is 28. The molecule has 0 radical (unpaired) electrons. The van der Waals surface area contributed by atoms with Crippen LogP contribution in [0.2, 0.25) is 0 Å². The first-order valence-electron chi connectivity index (χ1n) is 18.0. The molecule has 4 rings (SSSR count). The van der Waals surface area contributed by atoms with Crippen LogP contribution in [-0.2, 0) is 54.1 Å². The predicted octanol–water partition coefficient (Wildman–Crippen LogP) is 1.54. The number of hydrogen-bond acceptors (Lipinski definition) is 14. The highest BCUT2D eigenvalue weighted by atomic mass is 16.6. The van der Waals surface area contributed by atoms with Gasteiger partial charge in [0.2, 0.25) is 11.8 Å². The molecule has 2 aliphatic heterocycles. The predicted molar refractivity (Wildman–Crippen MR) is 192 cm³/mol. The van der Waals surface area contributed by atoms with E-state index in [4.69, 9.17) is 37.9 Å². The van der Waals surface area contributed by atoms with E-state index in [1.165, 1.54) is 0 Å². The van der Waals surface area contributed by atoms with Gasteiger partial charge in [-0.25, -0.2) is 4.79 Å². The van der Waals surface area contributed by atoms with Gasteiger partial charge in [-0.3, -0.25) is 29.4 Å². The summed E-state index contributed by atoms with van der Waals surface area (Å²) in [4.78, 5) is 62.5. The third-order valence-corrected chi connectivity index (χ3v) is 7.99. The minimum absolute atomic E-state index is 0.0627. The van der Waals surface area contributed by atoms with Crippen molar-refractivity contribution >= 4 is 35.4 Å². The largest absolute Gasteiger partial charge is 0.445 e. The number of ether oxygens (including phenoxy) is 8. The van der Waals surface area contributed by atoms with E-state index in [2.05, 4.69) is 16.0 Å². The average Bonchev–Trinajstić information content (AvgIpc) is 3.43. The van der Waals surface area contributed by atoms with Gasteiger partial charge in [0.1, 0.15) is 12.6 Å². The van der Waals surface area contributed by atoms with Gasteiger partial charge in [-0.05, 0) is 24.1 Å². The number of hydrogen-bond donors (Lipinski definition) is 3. The maximum absolute atomic E-state index is 13.1. The lowest BCUT2D eigenvalue weighted by Crippen LogP contribution is -2.54. The summed E-state index contributed by atoms with van der Waals surface area (Å²) in [6.07, 6.45) is -0.322. The zero-order valence-electron chi connectivity index (χ0n) is 30.4. The van der Waals surface area contributed by atoms with Crippen molar-refractivity contribution in [3.05, 3.63) is 65.2 Å². The lowest BCUT2D eigenvalue weighted by atomic mass is 10.0. The molecular formula is C37H50N4O13. The van der Waals surface area contributed by atoms with Crippen LogP contribution in [-0.4, -0.2) is 146 Å². The van der Waals surface area contributed by atoms with Gasteiger partial charge in [0, 0.05) is 25.2 Å². The molecule has 1 saturated heterocycles. The van der Waals surface area contributed by atoms with Gasteiger partial charge in [0.25, 0.3) is 11.8 Å². The summed E-state index contributed by atoms with van der Waals surface area (Å²) in [7, 11) is 0. The minimum atomic E-state index is -1.01. The van der Waals surface area contributed by atoms with Gasteiger partial charge in [-0.2, -0.15) is 0 Å². The SMILES string of the molecule is O=C1CCC(N2C(=O)c3cccc(NCCOCCOCCOCCOCCOCCOCCOCCNC(=O)OCc4ccccc4)c3C2=O)C(=O)N1. The van der Waals surface area contributed by atoms with Crippen molar-refractivity contribution in [1.29, 1.82) is 0 Å². The number of nitrogens with one attached hydrogen (secondary N) is 3. The fourth-order valence-corrected chi connectivity index (χ4v) is 5.34. The Morgan fingerprint density at radius 2 is 1.19 bits per heavy atom. The molecule has 0 aliphatic carbocycles. The third-order valence-electron chi connectivity index (χ3n) is 7.99. The van der Waals surface area contributed by atoms with Gasteiger partial charge in [0.15, 0.2) is 0 Å². The minimum Gasteiger partial charge on any atom is -0.445 e. The molecule has 0 saturated carbocycles. The first kappa shape index (κ1) is 42.3. The Hall–Kier alpha value is -4.49. The van der Waals surface area contributed by atoms with Gasteiger partial charge in [0.05, 0.1) is 104 Å². The Balaban J connectivity index is 0.865. The molecule has 5 amide bonds. The van der Waals surface area contributed by atoms with E-state index in [1.54, 1.807) is 18.2 Å². The number of piperidine rings is 1. The summed E-state index contributed by atoms with van der Waals surface area (Å²) in [5, 5.41) is 7.95. The second-order valence-electron chi connectivity index (χ2n) is 11.9. The molecule has 1 atom stereocenters. The number of carbonyl (C=O) groups excluding carboxylic acids is 5. The number of amides is 5. The highest BCUT2D eigenvalue weighted by molar-refractivity contribution is 6.25. The molecule has 0 aromatic heterocycles. The molecule has 2 heterocycles. The van der Waals surface area contributed by atoms with Crippen molar-refractivity contribution < 1.29 is 61.9 Å². The van der Waals surface area contributed by atoms with Gasteiger partial charge >= 0.3 is 6.09 Å². The van der Waals surface area contributed by atoms with Crippen molar-refractivity contribution in [3.8, 4) is 0 Å². The summed E-state index contributed by atoms with van der Waals surface area (Å²) in [5.74, 6) is -2.18. The first-order valence-corrected chi connectivity index (χ1v) is 18.0. The Morgan fingerprint density at radius 1 is 0.648 bits per heavy atom. The van der Waals surface area contributed by atoms with Gasteiger partial charge < -0.3 is 48.5 Å². The van der Waals surface area contributed by atoms with Crippen molar-refractivity contribution in [2.75, 3.05) is 111 Å². The van der Waals surface area contributed by atoms with Crippen LogP contribution in [0.3, 0.4) is 0 Å². The third kappa shape index (κ3) is 14.7. The quantitative estimate of drug-likeness (QED) is 0.0835. The summed E-state index contributed by atoms with van der Waals surface area (Å²) in [6.45, 7) is 6.69. The fourth-order valence-electron chi connectivity index (χ4n) is 5.34. The van der Waals surface area contributed by atoms with Gasteiger partial charge in [-0.15, -0.1) is 0 Å². The summed E-state index contributed by atoms with van der Waals surface area (Å²) < 4.78 is 43.5. The number of carbonyl (C=O) groups is 5. The molecule has 2 aromatic rings. The topological polar surface area (TPSA) is 199 Å². The molecule has 0 spiro atoms. The Morgan fingerprint density at radius 3 is 1.74 bits per heavy atom. The maximum Gasteiger partial charge on any atom is 0.407 e. The van der Waals surface area contributed by atoms with Crippen LogP contribution in [0.4, 0.5) is 10.5 Å². The number of alkyl carbamates (subject to hydrolysis) is 1. The molecule has 0 bridgehead atoms. The van der Waals surface area contributed by atoms with E-state index in [0.29, 0.717) is 111 Å². The average molecular weight is 759 g/mol. The van der Waals surface area contributed by atoms with Crippen LogP contribution in [0.5, 0.6) is 0 Å². The monoisotopic (exact) mass is 758 g/mol. The summed E-state index contributed by atoms with van der Waals surface area (Å²) in [6, 6.07) is 13.3. The second-order valence-corrected chi connectivity index (χ2v) is 11.9. The van der Waals surface area contributed by atoms with E-state index in [9.17, 15) is 24.0 Å². The number of benzene rings is 2. The van der Waals surface area contributed by atoms with E-state index in [0.717, 1.165) is 10.5 Å². The molecule has 54 heavy (non-hydrogen) atoms. The fraction of sp³-hybridized carbons (Fsp3) is 0.541. The molecule has 3 N–H and O–H groups in total. The lowest BCUT2D eigenvalue weighted by molar-refractivity contribution is -0.136. The van der Waals surface area contributed by atoms with E-state index in [1.807, 2.05) is 30.3 Å². The molecule has 17 heteroatoms. The van der Waals surface area contributed by atoms with Crippen LogP contribution in [0.15, 0.2) is 48.5 Å². The summed E-state index contributed by atoms with van der Waals surface area (Å²) >= 11 is 0. The molecule has 1 unspecified atom stereocenters. The Labute approximate surface area is 314 Å². The molecule has 1 fully saturated rings. The van der Waals surface area contributed by atoms with Crippen molar-refractivity contribution in [2.24, 2.45) is 0 Å². The molecule has 17 nitrogen and oxygen atoms in total. The summed E-state index contributed by atoms with van der Waals surface area (Å²) in [5.41, 5.74) is 1.82. The zero-order valence-corrected chi connectivity index (χ0v) is 30.4. The second kappa shape index (κ2) is 24.8. The standard InChI is InChI=1S/C37H50N4O13/c42-32-10-9-31(34(43)40-32)41-35(44)29-7-4-8-30(33(29)36(41)45)38-11-13-47-15-17-49-19-21-51-23-25-53-26-24-52-22-20-50-18-16-48-14-12-39-37(46)54-27-28-5-2-1-3-6-28/h1-8,31,38H,9-27H2,(H,39,46)(H,40,42,43). The van der Waals surface area contributed by atoms with Crippen LogP contribution in [0, 0.1) is 0 Å². The smallest absolute Gasteiger partial charge is 0.407 e. The van der Waals surface area contributed by atoms with E-state index >= 15 is 0 Å². The van der Waals surface area contributed by atoms with Crippen LogP contribution in [0.1, 0.15) is 39.1 Å². The Kier molecular flexibility index (Phi) is 19.4. The Bertz CT molecular complexity index is 1480. The highest BCUT2D eigenvalue weighted by Gasteiger charge is 2.45. The number of fused-ring (bicyclic) bond motifs is 1. The zero-order chi connectivity index (χ0) is 38.2. The lowest BCUT2D eigenvalue weighted by Gasteiger charge is -2.27. The molecule has 2 aromatic carbocycles. The number of imide groups is 2. The normalized spacial score (nSPS) is 15.3. The van der Waals surface area contributed by atoms with Crippen LogP contribution < -0.4 is 16.0 Å². The first-order chi connectivity index (χ1) is 26.5. The highest BCUT2D eigenvalue weighted by Crippen LogP contribution is 2.32. The maximum atomic E-state index is 13.1. The van der Waals surface area contributed by atoms with E-state index < -0.39 is 35.8 Å².